The first kappa shape index (κ1) is 14.0. The quantitative estimate of drug-likeness (QED) is 0.801. The summed E-state index contributed by atoms with van der Waals surface area (Å²) in [7, 11) is 0. The second-order valence-electron chi connectivity index (χ2n) is 4.20. The van der Waals surface area contributed by atoms with Crippen molar-refractivity contribution in [2.24, 2.45) is 5.92 Å². The van der Waals surface area contributed by atoms with Crippen LogP contribution in [-0.2, 0) is 16.1 Å². The minimum absolute atomic E-state index is 0.0214. The number of rotatable bonds is 6. The highest BCUT2D eigenvalue weighted by molar-refractivity contribution is 5.77. The molecule has 0 saturated carbocycles. The third-order valence-electron chi connectivity index (χ3n) is 2.25. The third-order valence-corrected chi connectivity index (χ3v) is 2.25. The monoisotopic (exact) mass is 251 g/mol. The van der Waals surface area contributed by atoms with Crippen molar-refractivity contribution in [1.82, 2.24) is 5.32 Å². The predicted octanol–water partition coefficient (Wildman–Crippen LogP) is 1.42. The van der Waals surface area contributed by atoms with Crippen LogP contribution in [-0.4, -0.2) is 23.6 Å². The number of carboxylic acids is 1. The van der Waals surface area contributed by atoms with Gasteiger partial charge in [-0.1, -0.05) is 26.0 Å². The molecule has 1 aromatic carbocycles. The topological polar surface area (TPSA) is 75.6 Å². The largest absolute Gasteiger partial charge is 0.482 e. The molecule has 0 unspecified atom stereocenters. The van der Waals surface area contributed by atoms with Gasteiger partial charge in [-0.2, -0.15) is 0 Å². The van der Waals surface area contributed by atoms with E-state index in [1.807, 2.05) is 19.9 Å². The normalized spacial score (nSPS) is 10.2. The number of amides is 1. The van der Waals surface area contributed by atoms with Gasteiger partial charge in [0.2, 0.25) is 5.91 Å². The minimum atomic E-state index is -1.02. The number of aliphatic carboxylic acids is 1. The molecule has 0 aliphatic heterocycles. The first-order valence-corrected chi connectivity index (χ1v) is 5.70. The fourth-order valence-corrected chi connectivity index (χ4v) is 1.28. The molecule has 0 aliphatic rings. The predicted molar refractivity (Wildman–Crippen MR) is 66.3 cm³/mol. The van der Waals surface area contributed by atoms with Gasteiger partial charge in [-0.15, -0.1) is 0 Å². The molecule has 0 spiro atoms. The number of benzene rings is 1. The number of carbonyl (C=O) groups is 2. The van der Waals surface area contributed by atoms with Gasteiger partial charge >= 0.3 is 5.97 Å². The lowest BCUT2D eigenvalue weighted by Crippen LogP contribution is -2.27. The minimum Gasteiger partial charge on any atom is -0.482 e. The molecule has 0 heterocycles. The summed E-state index contributed by atoms with van der Waals surface area (Å²) in [6.07, 6.45) is 0. The zero-order valence-electron chi connectivity index (χ0n) is 10.5. The highest BCUT2D eigenvalue weighted by Gasteiger charge is 2.06. The molecule has 0 bridgehead atoms. The first-order chi connectivity index (χ1) is 8.49. The molecular weight excluding hydrogens is 234 g/mol. The Hall–Kier alpha value is -2.04. The molecule has 1 amide bonds. The Morgan fingerprint density at radius 2 is 2.11 bits per heavy atom. The standard InChI is InChI=1S/C13H17NO4/c1-9(2)13(17)14-7-10-4-3-5-11(6-10)18-8-12(15)16/h3-6,9H,7-8H2,1-2H3,(H,14,17)(H,15,16). The Morgan fingerprint density at radius 3 is 2.72 bits per heavy atom. The van der Waals surface area contributed by atoms with E-state index in [0.717, 1.165) is 5.56 Å². The van der Waals surface area contributed by atoms with Gasteiger partial charge in [-0.3, -0.25) is 4.79 Å². The van der Waals surface area contributed by atoms with Gasteiger partial charge in [0.15, 0.2) is 6.61 Å². The molecule has 1 aromatic rings. The third kappa shape index (κ3) is 4.86. The number of hydrogen-bond donors (Lipinski definition) is 2. The van der Waals surface area contributed by atoms with E-state index in [-0.39, 0.29) is 18.4 Å². The van der Waals surface area contributed by atoms with E-state index >= 15 is 0 Å². The Labute approximate surface area is 106 Å². The Morgan fingerprint density at radius 1 is 1.39 bits per heavy atom. The lowest BCUT2D eigenvalue weighted by Gasteiger charge is -2.09. The number of nitrogens with one attached hydrogen (secondary N) is 1. The van der Waals surface area contributed by atoms with E-state index < -0.39 is 5.97 Å². The van der Waals surface area contributed by atoms with Crippen molar-refractivity contribution in [1.29, 1.82) is 0 Å². The lowest BCUT2D eigenvalue weighted by atomic mass is 10.2. The van der Waals surface area contributed by atoms with Gasteiger partial charge in [0.25, 0.3) is 0 Å². The van der Waals surface area contributed by atoms with E-state index in [4.69, 9.17) is 9.84 Å². The summed E-state index contributed by atoms with van der Waals surface area (Å²) in [4.78, 5) is 21.8. The molecule has 0 atom stereocenters. The van der Waals surface area contributed by atoms with Crippen LogP contribution in [0.15, 0.2) is 24.3 Å². The van der Waals surface area contributed by atoms with Crippen LogP contribution in [0.2, 0.25) is 0 Å². The van der Waals surface area contributed by atoms with Crippen molar-refractivity contribution in [2.45, 2.75) is 20.4 Å². The molecular formula is C13H17NO4. The zero-order chi connectivity index (χ0) is 13.5. The van der Waals surface area contributed by atoms with Crippen LogP contribution in [0.4, 0.5) is 0 Å². The molecule has 5 heteroatoms. The molecule has 98 valence electrons. The van der Waals surface area contributed by atoms with Crippen LogP contribution in [0.1, 0.15) is 19.4 Å². The second kappa shape index (κ2) is 6.64. The molecule has 0 aromatic heterocycles. The van der Waals surface area contributed by atoms with Gasteiger partial charge < -0.3 is 15.2 Å². The van der Waals surface area contributed by atoms with Crippen molar-refractivity contribution in [2.75, 3.05) is 6.61 Å². The Kier molecular flexibility index (Phi) is 5.17. The van der Waals surface area contributed by atoms with Crippen LogP contribution >= 0.6 is 0 Å². The first-order valence-electron chi connectivity index (χ1n) is 5.70. The Balaban J connectivity index is 2.54. The summed E-state index contributed by atoms with van der Waals surface area (Å²) < 4.78 is 5.05. The van der Waals surface area contributed by atoms with E-state index in [9.17, 15) is 9.59 Å². The zero-order valence-corrected chi connectivity index (χ0v) is 10.5. The number of ether oxygens (including phenoxy) is 1. The van der Waals surface area contributed by atoms with E-state index in [2.05, 4.69) is 5.32 Å². The van der Waals surface area contributed by atoms with Crippen molar-refractivity contribution >= 4 is 11.9 Å². The van der Waals surface area contributed by atoms with Gasteiger partial charge in [0, 0.05) is 12.5 Å². The van der Waals surface area contributed by atoms with E-state index in [1.165, 1.54) is 0 Å². The summed E-state index contributed by atoms with van der Waals surface area (Å²) in [6.45, 7) is 3.67. The maximum absolute atomic E-state index is 11.4. The van der Waals surface area contributed by atoms with Gasteiger partial charge in [-0.05, 0) is 17.7 Å². The fraction of sp³-hybridized carbons (Fsp3) is 0.385. The molecule has 1 rings (SSSR count). The highest BCUT2D eigenvalue weighted by atomic mass is 16.5. The van der Waals surface area contributed by atoms with Crippen molar-refractivity contribution in [3.8, 4) is 5.75 Å². The van der Waals surface area contributed by atoms with Crippen LogP contribution in [0, 0.1) is 5.92 Å². The Bertz CT molecular complexity index is 429. The van der Waals surface area contributed by atoms with Gasteiger partial charge in [0.05, 0.1) is 0 Å². The SMILES string of the molecule is CC(C)C(=O)NCc1cccc(OCC(=O)O)c1. The fourth-order valence-electron chi connectivity index (χ4n) is 1.28. The summed E-state index contributed by atoms with van der Waals surface area (Å²) in [6, 6.07) is 6.99. The summed E-state index contributed by atoms with van der Waals surface area (Å²) in [5.74, 6) is -0.620. The number of carboxylic acid groups (broad SMARTS) is 1. The van der Waals surface area contributed by atoms with Gasteiger partial charge in [-0.25, -0.2) is 4.79 Å². The molecule has 0 saturated heterocycles. The highest BCUT2D eigenvalue weighted by Crippen LogP contribution is 2.13. The number of carbonyl (C=O) groups excluding carboxylic acids is 1. The lowest BCUT2D eigenvalue weighted by molar-refractivity contribution is -0.139. The van der Waals surface area contributed by atoms with E-state index in [1.54, 1.807) is 18.2 Å². The number of hydrogen-bond acceptors (Lipinski definition) is 3. The smallest absolute Gasteiger partial charge is 0.341 e. The molecule has 0 fully saturated rings. The maximum Gasteiger partial charge on any atom is 0.341 e. The van der Waals surface area contributed by atoms with Crippen molar-refractivity contribution in [3.05, 3.63) is 29.8 Å². The molecule has 5 nitrogen and oxygen atoms in total. The van der Waals surface area contributed by atoms with Gasteiger partial charge in [0.1, 0.15) is 5.75 Å². The second-order valence-corrected chi connectivity index (χ2v) is 4.20. The maximum atomic E-state index is 11.4. The van der Waals surface area contributed by atoms with Crippen LogP contribution in [0.5, 0.6) is 5.75 Å². The average molecular weight is 251 g/mol. The van der Waals surface area contributed by atoms with Crippen LogP contribution < -0.4 is 10.1 Å². The van der Waals surface area contributed by atoms with E-state index in [0.29, 0.717) is 12.3 Å². The molecule has 2 N–H and O–H groups in total. The van der Waals surface area contributed by atoms with Crippen LogP contribution in [0.3, 0.4) is 0 Å². The molecule has 18 heavy (non-hydrogen) atoms. The molecule has 0 aliphatic carbocycles. The van der Waals surface area contributed by atoms with Crippen molar-refractivity contribution < 1.29 is 19.4 Å². The summed E-state index contributed by atoms with van der Waals surface area (Å²) >= 11 is 0. The summed E-state index contributed by atoms with van der Waals surface area (Å²) in [5.41, 5.74) is 0.867. The molecule has 0 radical (unpaired) electrons. The summed E-state index contributed by atoms with van der Waals surface area (Å²) in [5, 5.41) is 11.3. The van der Waals surface area contributed by atoms with Crippen LogP contribution in [0.25, 0.3) is 0 Å². The average Bonchev–Trinajstić information content (AvgIpc) is 2.33. The van der Waals surface area contributed by atoms with Crippen molar-refractivity contribution in [3.63, 3.8) is 0 Å².